The van der Waals surface area contributed by atoms with Crippen molar-refractivity contribution in [1.82, 2.24) is 19.4 Å². The number of nitrogen functional groups attached to an aromatic ring is 1. The molecular formula is C26H26N6O3. The average Bonchev–Trinajstić information content (AvgIpc) is 3.54. The van der Waals surface area contributed by atoms with Crippen LogP contribution in [-0.2, 0) is 19.5 Å². The van der Waals surface area contributed by atoms with Crippen LogP contribution in [0, 0.1) is 0 Å². The van der Waals surface area contributed by atoms with Crippen LogP contribution < -0.4 is 15.8 Å². The number of anilines is 2. The van der Waals surface area contributed by atoms with Gasteiger partial charge in [-0.15, -0.1) is 0 Å². The summed E-state index contributed by atoms with van der Waals surface area (Å²) >= 11 is 0. The van der Waals surface area contributed by atoms with E-state index in [-0.39, 0.29) is 18.4 Å². The zero-order valence-electron chi connectivity index (χ0n) is 19.3. The van der Waals surface area contributed by atoms with Gasteiger partial charge in [0.2, 0.25) is 0 Å². The molecule has 3 heterocycles. The molecule has 0 atom stereocenters. The first-order valence-electron chi connectivity index (χ1n) is 11.3. The molecule has 1 aliphatic heterocycles. The van der Waals surface area contributed by atoms with E-state index in [0.29, 0.717) is 53.7 Å². The second-order valence-electron chi connectivity index (χ2n) is 8.36. The number of nitrogens with zero attached hydrogens (tertiary/aromatic N) is 3. The number of hydrogen-bond acceptors (Lipinski definition) is 5. The summed E-state index contributed by atoms with van der Waals surface area (Å²) in [6, 6.07) is 18.6. The predicted molar refractivity (Wildman–Crippen MR) is 132 cm³/mol. The second-order valence-corrected chi connectivity index (χ2v) is 8.36. The molecule has 0 fully saturated rings. The van der Waals surface area contributed by atoms with E-state index in [4.69, 9.17) is 15.5 Å². The molecule has 9 heteroatoms. The summed E-state index contributed by atoms with van der Waals surface area (Å²) in [5.41, 5.74) is 9.55. The van der Waals surface area contributed by atoms with Crippen LogP contribution in [0.3, 0.4) is 0 Å². The number of amides is 2. The molecule has 0 spiro atoms. The van der Waals surface area contributed by atoms with Crippen molar-refractivity contribution in [2.45, 2.75) is 19.5 Å². The summed E-state index contributed by atoms with van der Waals surface area (Å²) in [6.07, 6.45) is 2.31. The Bertz CT molecular complexity index is 1360. The average molecular weight is 471 g/mol. The highest BCUT2D eigenvalue weighted by Crippen LogP contribution is 2.27. The van der Waals surface area contributed by atoms with E-state index in [0.717, 1.165) is 11.4 Å². The Morgan fingerprint density at radius 2 is 1.94 bits per heavy atom. The highest BCUT2D eigenvalue weighted by molar-refractivity contribution is 6.04. The molecule has 0 saturated carbocycles. The van der Waals surface area contributed by atoms with Crippen LogP contribution in [0.15, 0.2) is 66.9 Å². The Kier molecular flexibility index (Phi) is 5.97. The second kappa shape index (κ2) is 9.38. The van der Waals surface area contributed by atoms with Gasteiger partial charge in [0.15, 0.2) is 5.69 Å². The number of nitrogens with two attached hydrogens (primary N) is 1. The van der Waals surface area contributed by atoms with Crippen molar-refractivity contribution in [3.63, 3.8) is 0 Å². The summed E-state index contributed by atoms with van der Waals surface area (Å²) in [5.74, 6) is 0.802. The normalized spacial score (nSPS) is 12.8. The van der Waals surface area contributed by atoms with Gasteiger partial charge in [-0.1, -0.05) is 30.3 Å². The van der Waals surface area contributed by atoms with Crippen molar-refractivity contribution in [1.29, 1.82) is 0 Å². The van der Waals surface area contributed by atoms with E-state index >= 15 is 0 Å². The summed E-state index contributed by atoms with van der Waals surface area (Å²) in [5, 5.41) is 2.90. The minimum Gasteiger partial charge on any atom is -0.495 e. The highest BCUT2D eigenvalue weighted by Gasteiger charge is 2.30. The topological polar surface area (TPSA) is 118 Å². The first-order valence-corrected chi connectivity index (χ1v) is 11.3. The number of imidazole rings is 1. The van der Waals surface area contributed by atoms with Gasteiger partial charge in [-0.3, -0.25) is 9.59 Å². The summed E-state index contributed by atoms with van der Waals surface area (Å²) in [7, 11) is 1.52. The quantitative estimate of drug-likeness (QED) is 0.374. The fourth-order valence-electron chi connectivity index (χ4n) is 4.32. The Morgan fingerprint density at radius 1 is 1.11 bits per heavy atom. The molecule has 2 aromatic carbocycles. The number of rotatable bonds is 6. The first-order chi connectivity index (χ1) is 17.0. The van der Waals surface area contributed by atoms with Crippen molar-refractivity contribution in [2.75, 3.05) is 24.7 Å². The maximum absolute atomic E-state index is 13.4. The van der Waals surface area contributed by atoms with Gasteiger partial charge in [0, 0.05) is 37.5 Å². The Morgan fingerprint density at radius 3 is 2.69 bits per heavy atom. The van der Waals surface area contributed by atoms with Gasteiger partial charge in [-0.25, -0.2) is 4.98 Å². The summed E-state index contributed by atoms with van der Waals surface area (Å²) < 4.78 is 7.33. The van der Waals surface area contributed by atoms with E-state index < -0.39 is 0 Å². The maximum atomic E-state index is 13.4. The molecule has 1 aliphatic rings. The molecule has 0 unspecified atom stereocenters. The van der Waals surface area contributed by atoms with E-state index in [1.54, 1.807) is 41.4 Å². The Labute approximate surface area is 202 Å². The number of ether oxygens (including phenoxy) is 1. The minimum absolute atomic E-state index is 0.110. The smallest absolute Gasteiger partial charge is 0.276 e. The van der Waals surface area contributed by atoms with Gasteiger partial charge >= 0.3 is 0 Å². The molecule has 0 bridgehead atoms. The molecule has 5 rings (SSSR count). The monoisotopic (exact) mass is 470 g/mol. The first kappa shape index (κ1) is 22.3. The van der Waals surface area contributed by atoms with Gasteiger partial charge < -0.3 is 30.2 Å². The standard InChI is InChI=1S/C26H26N6O3/c1-35-22-15-18(9-10-19(22)27)29-25(33)24-21-16-31(26(34)20-8-5-11-28-20)12-13-32(21)23(30-24)14-17-6-3-2-4-7-17/h2-11,15,28H,12-14,16,27H2,1H3,(H,29,33). The molecule has 178 valence electrons. The Balaban J connectivity index is 1.47. The Hall–Kier alpha value is -4.53. The van der Waals surface area contributed by atoms with E-state index in [1.807, 2.05) is 30.3 Å². The highest BCUT2D eigenvalue weighted by atomic mass is 16.5. The lowest BCUT2D eigenvalue weighted by Crippen LogP contribution is -2.39. The number of methoxy groups -OCH3 is 1. The van der Waals surface area contributed by atoms with Gasteiger partial charge in [-0.05, 0) is 29.8 Å². The number of fused-ring (bicyclic) bond motifs is 1. The lowest BCUT2D eigenvalue weighted by atomic mass is 10.1. The van der Waals surface area contributed by atoms with Crippen molar-refractivity contribution >= 4 is 23.2 Å². The number of H-pyrrole nitrogens is 1. The van der Waals surface area contributed by atoms with Crippen molar-refractivity contribution in [3.05, 3.63) is 95.3 Å². The molecular weight excluding hydrogens is 444 g/mol. The number of carbonyl (C=O) groups excluding carboxylic acids is 2. The molecule has 2 amide bonds. The molecule has 0 aliphatic carbocycles. The van der Waals surface area contributed by atoms with Crippen molar-refractivity contribution < 1.29 is 14.3 Å². The third kappa shape index (κ3) is 4.48. The molecule has 9 nitrogen and oxygen atoms in total. The fourth-order valence-corrected chi connectivity index (χ4v) is 4.32. The number of hydrogen-bond donors (Lipinski definition) is 3. The fraction of sp³-hybridized carbons (Fsp3) is 0.192. The van der Waals surface area contributed by atoms with Crippen LogP contribution in [0.1, 0.15) is 38.1 Å². The molecule has 35 heavy (non-hydrogen) atoms. The third-order valence-corrected chi connectivity index (χ3v) is 6.11. The van der Waals surface area contributed by atoms with E-state index in [1.165, 1.54) is 7.11 Å². The number of carbonyl (C=O) groups is 2. The maximum Gasteiger partial charge on any atom is 0.276 e. The van der Waals surface area contributed by atoms with Crippen LogP contribution in [-0.4, -0.2) is 44.9 Å². The zero-order chi connectivity index (χ0) is 24.4. The van der Waals surface area contributed by atoms with Crippen molar-refractivity contribution in [3.8, 4) is 5.75 Å². The molecule has 0 saturated heterocycles. The molecule has 0 radical (unpaired) electrons. The van der Waals surface area contributed by atoms with Gasteiger partial charge in [0.25, 0.3) is 11.8 Å². The summed E-state index contributed by atoms with van der Waals surface area (Å²) in [4.78, 5) is 35.8. The van der Waals surface area contributed by atoms with Gasteiger partial charge in [0.05, 0.1) is 25.0 Å². The number of nitrogens with one attached hydrogen (secondary N) is 2. The number of benzene rings is 2. The molecule has 2 aromatic heterocycles. The molecule has 4 N–H and O–H groups in total. The lowest BCUT2D eigenvalue weighted by molar-refractivity contribution is 0.0702. The number of aromatic amines is 1. The van der Waals surface area contributed by atoms with Gasteiger partial charge in [-0.2, -0.15) is 0 Å². The zero-order valence-corrected chi connectivity index (χ0v) is 19.3. The number of aromatic nitrogens is 3. The van der Waals surface area contributed by atoms with Crippen LogP contribution in [0.5, 0.6) is 5.75 Å². The van der Waals surface area contributed by atoms with Crippen LogP contribution >= 0.6 is 0 Å². The lowest BCUT2D eigenvalue weighted by Gasteiger charge is -2.29. The van der Waals surface area contributed by atoms with Crippen LogP contribution in [0.4, 0.5) is 11.4 Å². The van der Waals surface area contributed by atoms with Crippen LogP contribution in [0.25, 0.3) is 0 Å². The third-order valence-electron chi connectivity index (χ3n) is 6.11. The SMILES string of the molecule is COc1cc(NC(=O)c2nc(Cc3ccccc3)n3c2CN(C(=O)c2ccc[nH]2)CC3)ccc1N. The minimum atomic E-state index is -0.353. The predicted octanol–water partition coefficient (Wildman–Crippen LogP) is 3.30. The molecule has 4 aromatic rings. The van der Waals surface area contributed by atoms with Crippen LogP contribution in [0.2, 0.25) is 0 Å². The summed E-state index contributed by atoms with van der Waals surface area (Å²) in [6.45, 7) is 1.37. The van der Waals surface area contributed by atoms with Crippen molar-refractivity contribution in [2.24, 2.45) is 0 Å². The van der Waals surface area contributed by atoms with E-state index in [2.05, 4.69) is 14.9 Å². The van der Waals surface area contributed by atoms with Gasteiger partial charge in [0.1, 0.15) is 17.3 Å². The largest absolute Gasteiger partial charge is 0.495 e. The van der Waals surface area contributed by atoms with E-state index in [9.17, 15) is 9.59 Å².